The van der Waals surface area contributed by atoms with Gasteiger partial charge in [0.15, 0.2) is 0 Å². The molecule has 2 saturated heterocycles. The summed E-state index contributed by atoms with van der Waals surface area (Å²) in [6.45, 7) is 2.98. The second kappa shape index (κ2) is 8.27. The van der Waals surface area contributed by atoms with Crippen molar-refractivity contribution < 1.29 is 14.0 Å². The number of hydrogen-bond donors (Lipinski definition) is 1. The molecule has 132 valence electrons. The van der Waals surface area contributed by atoms with Gasteiger partial charge >= 0.3 is 0 Å². The highest BCUT2D eigenvalue weighted by Crippen LogP contribution is 2.21. The van der Waals surface area contributed by atoms with E-state index in [-0.39, 0.29) is 30.3 Å². The Kier molecular flexibility index (Phi) is 6.60. The maximum atomic E-state index is 13.5. The minimum absolute atomic E-state index is 0. The van der Waals surface area contributed by atoms with Gasteiger partial charge in [-0.05, 0) is 31.0 Å². The van der Waals surface area contributed by atoms with Crippen LogP contribution in [0.1, 0.15) is 23.2 Å². The summed E-state index contributed by atoms with van der Waals surface area (Å²) in [7, 11) is 0. The quantitative estimate of drug-likeness (QED) is 0.797. The van der Waals surface area contributed by atoms with Gasteiger partial charge in [-0.1, -0.05) is 15.9 Å². The first kappa shape index (κ1) is 19.1. The van der Waals surface area contributed by atoms with Gasteiger partial charge in [0.05, 0.1) is 6.54 Å². The van der Waals surface area contributed by atoms with Gasteiger partial charge in [0.25, 0.3) is 5.91 Å². The van der Waals surface area contributed by atoms with Crippen molar-refractivity contribution >= 4 is 40.2 Å². The lowest BCUT2D eigenvalue weighted by molar-refractivity contribution is -0.135. The number of carbonyl (C=O) groups is 2. The average Bonchev–Trinajstić information content (AvgIpc) is 2.54. The topological polar surface area (TPSA) is 52.7 Å². The van der Waals surface area contributed by atoms with Gasteiger partial charge in [-0.2, -0.15) is 0 Å². The number of benzene rings is 1. The van der Waals surface area contributed by atoms with Crippen LogP contribution in [0, 0.1) is 5.82 Å². The first-order valence-electron chi connectivity index (χ1n) is 7.80. The molecule has 1 N–H and O–H groups in total. The summed E-state index contributed by atoms with van der Waals surface area (Å²) in [5.74, 6) is -0.532. The van der Waals surface area contributed by atoms with E-state index < -0.39 is 5.82 Å². The largest absolute Gasteiger partial charge is 0.337 e. The Balaban J connectivity index is 0.00000208. The highest BCUT2D eigenvalue weighted by Gasteiger charge is 2.32. The van der Waals surface area contributed by atoms with E-state index in [2.05, 4.69) is 21.2 Å². The normalized spacial score (nSPS) is 21.4. The Morgan fingerprint density at radius 2 is 2.08 bits per heavy atom. The van der Waals surface area contributed by atoms with Gasteiger partial charge in [0.2, 0.25) is 5.91 Å². The second-order valence-corrected chi connectivity index (χ2v) is 6.88. The van der Waals surface area contributed by atoms with Crippen LogP contribution < -0.4 is 5.32 Å². The van der Waals surface area contributed by atoms with Gasteiger partial charge < -0.3 is 15.1 Å². The molecule has 2 fully saturated rings. The predicted octanol–water partition coefficient (Wildman–Crippen LogP) is 2.05. The molecule has 2 aliphatic rings. The van der Waals surface area contributed by atoms with Crippen molar-refractivity contribution in [2.75, 3.05) is 32.7 Å². The van der Waals surface area contributed by atoms with Crippen LogP contribution in [0.15, 0.2) is 22.7 Å². The number of carbonyl (C=O) groups excluding carboxylic acids is 2. The van der Waals surface area contributed by atoms with Gasteiger partial charge in [0, 0.05) is 42.3 Å². The fourth-order valence-corrected chi connectivity index (χ4v) is 3.73. The predicted molar refractivity (Wildman–Crippen MR) is 94.9 cm³/mol. The van der Waals surface area contributed by atoms with Crippen molar-refractivity contribution in [3.63, 3.8) is 0 Å². The van der Waals surface area contributed by atoms with Crippen molar-refractivity contribution in [1.82, 2.24) is 15.1 Å². The highest BCUT2D eigenvalue weighted by atomic mass is 79.9. The Morgan fingerprint density at radius 3 is 2.79 bits per heavy atom. The monoisotopic (exact) mass is 419 g/mol. The Morgan fingerprint density at radius 1 is 1.29 bits per heavy atom. The summed E-state index contributed by atoms with van der Waals surface area (Å²) in [6.07, 6.45) is 1.76. The molecule has 1 aromatic rings. The van der Waals surface area contributed by atoms with Crippen LogP contribution in [0.2, 0.25) is 0 Å². The van der Waals surface area contributed by atoms with E-state index in [9.17, 15) is 14.0 Å². The van der Waals surface area contributed by atoms with E-state index in [1.807, 2.05) is 4.90 Å². The number of hydrogen-bond acceptors (Lipinski definition) is 3. The smallest absolute Gasteiger partial charge is 0.254 e. The fraction of sp³-hybridized carbons (Fsp3) is 0.500. The number of halogens is 3. The SMILES string of the molecule is Cl.O=C(c1cc(F)cc(Br)c1)N1CCCC(N2CCNCC2=O)C1. The molecule has 3 rings (SSSR count). The molecule has 0 bridgehead atoms. The molecule has 2 amide bonds. The number of nitrogens with zero attached hydrogens (tertiary/aromatic N) is 2. The molecule has 1 aromatic carbocycles. The lowest BCUT2D eigenvalue weighted by atomic mass is 10.0. The van der Waals surface area contributed by atoms with Crippen molar-refractivity contribution in [3.8, 4) is 0 Å². The van der Waals surface area contributed by atoms with Gasteiger partial charge in [-0.15, -0.1) is 12.4 Å². The van der Waals surface area contributed by atoms with Crippen LogP contribution in [-0.4, -0.2) is 60.4 Å². The fourth-order valence-electron chi connectivity index (χ4n) is 3.26. The summed E-state index contributed by atoms with van der Waals surface area (Å²) in [6, 6.07) is 4.27. The summed E-state index contributed by atoms with van der Waals surface area (Å²) >= 11 is 3.22. The molecule has 0 aromatic heterocycles. The third-order valence-electron chi connectivity index (χ3n) is 4.36. The molecule has 1 unspecified atom stereocenters. The Hall–Kier alpha value is -1.18. The van der Waals surface area contributed by atoms with Gasteiger partial charge in [-0.3, -0.25) is 9.59 Å². The maximum absolute atomic E-state index is 13.5. The number of amides is 2. The van der Waals surface area contributed by atoms with E-state index in [0.717, 1.165) is 19.4 Å². The van der Waals surface area contributed by atoms with Gasteiger partial charge in [0.1, 0.15) is 5.82 Å². The third kappa shape index (κ3) is 4.26. The summed E-state index contributed by atoms with van der Waals surface area (Å²) < 4.78 is 14.1. The molecule has 2 aliphatic heterocycles. The minimum Gasteiger partial charge on any atom is -0.337 e. The molecule has 0 spiro atoms. The molecule has 2 heterocycles. The zero-order valence-electron chi connectivity index (χ0n) is 13.1. The van der Waals surface area contributed by atoms with Crippen LogP contribution in [-0.2, 0) is 4.79 Å². The van der Waals surface area contributed by atoms with Crippen LogP contribution in [0.5, 0.6) is 0 Å². The van der Waals surface area contributed by atoms with E-state index in [0.29, 0.717) is 36.2 Å². The molecule has 24 heavy (non-hydrogen) atoms. The molecule has 1 atom stereocenters. The number of piperazine rings is 1. The Labute approximate surface area is 155 Å². The van der Waals surface area contributed by atoms with E-state index in [1.165, 1.54) is 12.1 Å². The number of piperidine rings is 1. The van der Waals surface area contributed by atoms with E-state index in [4.69, 9.17) is 0 Å². The molecule has 8 heteroatoms. The Bertz CT molecular complexity index is 611. The zero-order valence-corrected chi connectivity index (χ0v) is 15.5. The highest BCUT2D eigenvalue weighted by molar-refractivity contribution is 9.10. The average molecular weight is 421 g/mol. The molecular formula is C16H20BrClFN3O2. The summed E-state index contributed by atoms with van der Waals surface area (Å²) in [4.78, 5) is 28.3. The number of rotatable bonds is 2. The van der Waals surface area contributed by atoms with Crippen LogP contribution in [0.4, 0.5) is 4.39 Å². The van der Waals surface area contributed by atoms with Crippen LogP contribution >= 0.6 is 28.3 Å². The van der Waals surface area contributed by atoms with E-state index >= 15 is 0 Å². The van der Waals surface area contributed by atoms with Crippen molar-refractivity contribution in [3.05, 3.63) is 34.1 Å². The first-order chi connectivity index (χ1) is 11.0. The molecule has 0 saturated carbocycles. The van der Waals surface area contributed by atoms with Crippen LogP contribution in [0.25, 0.3) is 0 Å². The second-order valence-electron chi connectivity index (χ2n) is 5.97. The van der Waals surface area contributed by atoms with Crippen molar-refractivity contribution in [2.24, 2.45) is 0 Å². The molecule has 5 nitrogen and oxygen atoms in total. The molecule has 0 aliphatic carbocycles. The third-order valence-corrected chi connectivity index (χ3v) is 4.82. The lowest BCUT2D eigenvalue weighted by Gasteiger charge is -2.41. The maximum Gasteiger partial charge on any atom is 0.254 e. The minimum atomic E-state index is -0.437. The lowest BCUT2D eigenvalue weighted by Crippen LogP contribution is -2.57. The molecular weight excluding hydrogens is 401 g/mol. The first-order valence-corrected chi connectivity index (χ1v) is 8.59. The molecule has 0 radical (unpaired) electrons. The summed E-state index contributed by atoms with van der Waals surface area (Å²) in [5, 5.41) is 3.06. The van der Waals surface area contributed by atoms with Crippen molar-refractivity contribution in [1.29, 1.82) is 0 Å². The number of likely N-dealkylation sites (tertiary alicyclic amines) is 1. The van der Waals surface area contributed by atoms with Crippen LogP contribution in [0.3, 0.4) is 0 Å². The standard InChI is InChI=1S/C16H19BrFN3O2.ClH/c17-12-6-11(7-13(18)8-12)16(23)20-4-1-2-14(10-20)21-5-3-19-9-15(21)22;/h6-8,14,19H,1-5,9-10H2;1H. The zero-order chi connectivity index (χ0) is 16.4. The summed E-state index contributed by atoms with van der Waals surface area (Å²) in [5.41, 5.74) is 0.337. The van der Waals surface area contributed by atoms with Gasteiger partial charge in [-0.25, -0.2) is 4.39 Å². The van der Waals surface area contributed by atoms with E-state index in [1.54, 1.807) is 11.0 Å². The van der Waals surface area contributed by atoms with Crippen molar-refractivity contribution in [2.45, 2.75) is 18.9 Å². The number of nitrogens with one attached hydrogen (secondary N) is 1.